The van der Waals surface area contributed by atoms with Crippen molar-refractivity contribution in [1.82, 2.24) is 10.3 Å². The standard InChI is InChI=1S/C16H20N2O/c1-12(2)19-16-6-4-5-14(8-16)15-7-13(9-17-3)10-18-11-15/h4-8,10-12,17H,9H2,1-3H3. The van der Waals surface area contributed by atoms with Gasteiger partial charge in [-0.3, -0.25) is 4.98 Å². The van der Waals surface area contributed by atoms with Gasteiger partial charge in [0.05, 0.1) is 6.10 Å². The van der Waals surface area contributed by atoms with Crippen molar-refractivity contribution in [1.29, 1.82) is 0 Å². The van der Waals surface area contributed by atoms with Crippen molar-refractivity contribution in [2.45, 2.75) is 26.5 Å². The van der Waals surface area contributed by atoms with E-state index in [9.17, 15) is 0 Å². The number of benzene rings is 1. The van der Waals surface area contributed by atoms with Crippen LogP contribution in [0, 0.1) is 0 Å². The second-order valence-electron chi connectivity index (χ2n) is 4.81. The zero-order chi connectivity index (χ0) is 13.7. The summed E-state index contributed by atoms with van der Waals surface area (Å²) in [5.74, 6) is 0.895. The van der Waals surface area contributed by atoms with E-state index in [1.807, 2.05) is 45.4 Å². The predicted molar refractivity (Wildman–Crippen MR) is 78.2 cm³/mol. The van der Waals surface area contributed by atoms with Gasteiger partial charge in [-0.25, -0.2) is 0 Å². The lowest BCUT2D eigenvalue weighted by molar-refractivity contribution is 0.242. The molecule has 1 aromatic heterocycles. The van der Waals surface area contributed by atoms with Gasteiger partial charge in [-0.2, -0.15) is 0 Å². The van der Waals surface area contributed by atoms with Crippen LogP contribution < -0.4 is 10.1 Å². The van der Waals surface area contributed by atoms with E-state index in [-0.39, 0.29) is 6.10 Å². The Hall–Kier alpha value is -1.87. The number of nitrogens with one attached hydrogen (secondary N) is 1. The number of ether oxygens (including phenoxy) is 1. The molecule has 0 saturated heterocycles. The van der Waals surface area contributed by atoms with Crippen molar-refractivity contribution in [2.24, 2.45) is 0 Å². The highest BCUT2D eigenvalue weighted by molar-refractivity contribution is 5.64. The lowest BCUT2D eigenvalue weighted by Gasteiger charge is -2.11. The number of hydrogen-bond donors (Lipinski definition) is 1. The van der Waals surface area contributed by atoms with Gasteiger partial charge in [0.1, 0.15) is 5.75 Å². The van der Waals surface area contributed by atoms with Crippen LogP contribution in [0.3, 0.4) is 0 Å². The fraction of sp³-hybridized carbons (Fsp3) is 0.312. The summed E-state index contributed by atoms with van der Waals surface area (Å²) < 4.78 is 5.72. The van der Waals surface area contributed by atoms with E-state index in [0.717, 1.165) is 23.4 Å². The summed E-state index contributed by atoms with van der Waals surface area (Å²) in [6.45, 7) is 4.88. The van der Waals surface area contributed by atoms with E-state index < -0.39 is 0 Å². The molecule has 1 heterocycles. The summed E-state index contributed by atoms with van der Waals surface area (Å²) in [4.78, 5) is 4.29. The maximum atomic E-state index is 5.72. The third kappa shape index (κ3) is 3.80. The van der Waals surface area contributed by atoms with Crippen LogP contribution in [0.2, 0.25) is 0 Å². The molecule has 0 atom stereocenters. The molecule has 0 spiro atoms. The Morgan fingerprint density at radius 2 is 2.00 bits per heavy atom. The predicted octanol–water partition coefficient (Wildman–Crippen LogP) is 3.26. The maximum absolute atomic E-state index is 5.72. The van der Waals surface area contributed by atoms with Gasteiger partial charge in [0.2, 0.25) is 0 Å². The molecule has 0 radical (unpaired) electrons. The molecule has 19 heavy (non-hydrogen) atoms. The van der Waals surface area contributed by atoms with Crippen molar-refractivity contribution in [3.8, 4) is 16.9 Å². The molecule has 0 aliphatic carbocycles. The monoisotopic (exact) mass is 256 g/mol. The number of pyridine rings is 1. The Labute approximate surface area is 114 Å². The first-order chi connectivity index (χ1) is 9.19. The van der Waals surface area contributed by atoms with Crippen molar-refractivity contribution in [3.63, 3.8) is 0 Å². The minimum absolute atomic E-state index is 0.184. The zero-order valence-corrected chi connectivity index (χ0v) is 11.7. The molecular weight excluding hydrogens is 236 g/mol. The van der Waals surface area contributed by atoms with Crippen LogP contribution >= 0.6 is 0 Å². The first kappa shape index (κ1) is 13.6. The minimum atomic E-state index is 0.184. The molecule has 3 heteroatoms. The summed E-state index contributed by atoms with van der Waals surface area (Å²) in [6.07, 6.45) is 3.95. The van der Waals surface area contributed by atoms with Crippen LogP contribution in [-0.4, -0.2) is 18.1 Å². The Kier molecular flexibility index (Phi) is 4.53. The molecule has 0 amide bonds. The number of aromatic nitrogens is 1. The highest BCUT2D eigenvalue weighted by Gasteiger charge is 2.03. The molecule has 0 aliphatic heterocycles. The molecule has 2 rings (SSSR count). The molecule has 0 fully saturated rings. The second kappa shape index (κ2) is 6.34. The fourth-order valence-corrected chi connectivity index (χ4v) is 1.97. The van der Waals surface area contributed by atoms with Crippen LogP contribution in [0.25, 0.3) is 11.1 Å². The van der Waals surface area contributed by atoms with Crippen LogP contribution in [0.15, 0.2) is 42.7 Å². The second-order valence-corrected chi connectivity index (χ2v) is 4.81. The first-order valence-electron chi connectivity index (χ1n) is 6.54. The third-order valence-corrected chi connectivity index (χ3v) is 2.71. The molecule has 0 bridgehead atoms. The van der Waals surface area contributed by atoms with Gasteiger partial charge in [-0.15, -0.1) is 0 Å². The minimum Gasteiger partial charge on any atom is -0.491 e. The van der Waals surface area contributed by atoms with E-state index in [2.05, 4.69) is 28.5 Å². The van der Waals surface area contributed by atoms with Crippen LogP contribution in [-0.2, 0) is 6.54 Å². The van der Waals surface area contributed by atoms with Gasteiger partial charge in [0.15, 0.2) is 0 Å². The van der Waals surface area contributed by atoms with Crippen molar-refractivity contribution in [2.75, 3.05) is 7.05 Å². The van der Waals surface area contributed by atoms with Gasteiger partial charge in [0, 0.05) is 24.5 Å². The van der Waals surface area contributed by atoms with Crippen molar-refractivity contribution in [3.05, 3.63) is 48.3 Å². The van der Waals surface area contributed by atoms with Gasteiger partial charge >= 0.3 is 0 Å². The molecule has 1 N–H and O–H groups in total. The van der Waals surface area contributed by atoms with E-state index in [4.69, 9.17) is 4.74 Å². The molecular formula is C16H20N2O. The SMILES string of the molecule is CNCc1cncc(-c2cccc(OC(C)C)c2)c1. The molecule has 0 aliphatic rings. The van der Waals surface area contributed by atoms with E-state index in [1.54, 1.807) is 0 Å². The molecule has 1 aromatic carbocycles. The van der Waals surface area contributed by atoms with Crippen molar-refractivity contribution >= 4 is 0 Å². The number of rotatable bonds is 5. The van der Waals surface area contributed by atoms with Gasteiger partial charge in [-0.1, -0.05) is 12.1 Å². The molecule has 3 nitrogen and oxygen atoms in total. The fourth-order valence-electron chi connectivity index (χ4n) is 1.97. The molecule has 0 unspecified atom stereocenters. The van der Waals surface area contributed by atoms with E-state index in [1.165, 1.54) is 5.56 Å². The summed E-state index contributed by atoms with van der Waals surface area (Å²) >= 11 is 0. The third-order valence-electron chi connectivity index (χ3n) is 2.71. The van der Waals surface area contributed by atoms with E-state index in [0.29, 0.717) is 0 Å². The normalized spacial score (nSPS) is 10.7. The lowest BCUT2D eigenvalue weighted by Crippen LogP contribution is -2.06. The van der Waals surface area contributed by atoms with Gasteiger partial charge in [-0.05, 0) is 50.2 Å². The zero-order valence-electron chi connectivity index (χ0n) is 11.7. The summed E-state index contributed by atoms with van der Waals surface area (Å²) in [5.41, 5.74) is 3.42. The Morgan fingerprint density at radius 3 is 2.74 bits per heavy atom. The topological polar surface area (TPSA) is 34.2 Å². The van der Waals surface area contributed by atoms with Crippen molar-refractivity contribution < 1.29 is 4.74 Å². The van der Waals surface area contributed by atoms with Crippen LogP contribution in [0.5, 0.6) is 5.75 Å². The summed E-state index contributed by atoms with van der Waals surface area (Å²) in [5, 5.41) is 3.14. The van der Waals surface area contributed by atoms with Gasteiger partial charge < -0.3 is 10.1 Å². The number of hydrogen-bond acceptors (Lipinski definition) is 3. The summed E-state index contributed by atoms with van der Waals surface area (Å²) in [6, 6.07) is 10.3. The lowest BCUT2D eigenvalue weighted by atomic mass is 10.1. The largest absolute Gasteiger partial charge is 0.491 e. The average molecular weight is 256 g/mol. The molecule has 0 saturated carbocycles. The Morgan fingerprint density at radius 1 is 1.16 bits per heavy atom. The number of nitrogens with zero attached hydrogens (tertiary/aromatic N) is 1. The molecule has 100 valence electrons. The molecule has 2 aromatic rings. The maximum Gasteiger partial charge on any atom is 0.120 e. The first-order valence-corrected chi connectivity index (χ1v) is 6.54. The highest BCUT2D eigenvalue weighted by Crippen LogP contribution is 2.24. The van der Waals surface area contributed by atoms with Crippen LogP contribution in [0.1, 0.15) is 19.4 Å². The quantitative estimate of drug-likeness (QED) is 0.891. The van der Waals surface area contributed by atoms with E-state index >= 15 is 0 Å². The smallest absolute Gasteiger partial charge is 0.120 e. The average Bonchev–Trinajstić information content (AvgIpc) is 2.39. The highest BCUT2D eigenvalue weighted by atomic mass is 16.5. The summed E-state index contributed by atoms with van der Waals surface area (Å²) in [7, 11) is 1.93. The van der Waals surface area contributed by atoms with Gasteiger partial charge in [0.25, 0.3) is 0 Å². The Bertz CT molecular complexity index is 538. The van der Waals surface area contributed by atoms with Crippen LogP contribution in [0.4, 0.5) is 0 Å². The Balaban J connectivity index is 2.28.